The van der Waals surface area contributed by atoms with E-state index in [1.54, 1.807) is 11.3 Å². The lowest BCUT2D eigenvalue weighted by Crippen LogP contribution is -2.35. The van der Waals surface area contributed by atoms with Gasteiger partial charge in [-0.1, -0.05) is 30.3 Å². The summed E-state index contributed by atoms with van der Waals surface area (Å²) < 4.78 is 5.51. The largest absolute Gasteiger partial charge is 0.396 e. The van der Waals surface area contributed by atoms with E-state index < -0.39 is 0 Å². The number of nitrogens with zero attached hydrogens (tertiary/aromatic N) is 1. The van der Waals surface area contributed by atoms with Crippen LogP contribution >= 0.6 is 11.3 Å². The molecule has 2 heterocycles. The first kappa shape index (κ1) is 15.6. The van der Waals surface area contributed by atoms with Crippen LogP contribution in [0.15, 0.2) is 36.5 Å². The highest BCUT2D eigenvalue weighted by Gasteiger charge is 2.33. The first-order valence-corrected chi connectivity index (χ1v) is 8.52. The quantitative estimate of drug-likeness (QED) is 0.824. The first-order valence-electron chi connectivity index (χ1n) is 7.71. The summed E-state index contributed by atoms with van der Waals surface area (Å²) in [6.45, 7) is 3.41. The molecule has 4 nitrogen and oxygen atoms in total. The Labute approximate surface area is 135 Å². The van der Waals surface area contributed by atoms with E-state index in [1.165, 1.54) is 10.4 Å². The molecule has 1 aliphatic rings. The average molecular weight is 318 g/mol. The number of rotatable bonds is 7. The molecular formula is C17H22N2O2S. The molecule has 1 aliphatic heterocycles. The van der Waals surface area contributed by atoms with E-state index >= 15 is 0 Å². The van der Waals surface area contributed by atoms with Gasteiger partial charge in [-0.05, 0) is 18.4 Å². The van der Waals surface area contributed by atoms with Crippen LogP contribution in [0.1, 0.15) is 17.8 Å². The molecule has 3 rings (SSSR count). The van der Waals surface area contributed by atoms with Crippen molar-refractivity contribution in [3.05, 3.63) is 41.5 Å². The minimum absolute atomic E-state index is 0.0915. The molecule has 2 aromatic rings. The van der Waals surface area contributed by atoms with Gasteiger partial charge in [0.25, 0.3) is 0 Å². The van der Waals surface area contributed by atoms with E-state index in [0.29, 0.717) is 0 Å². The minimum atomic E-state index is 0.0915. The molecular weight excluding hydrogens is 296 g/mol. The molecule has 0 bridgehead atoms. The number of hydrogen-bond acceptors (Lipinski definition) is 5. The van der Waals surface area contributed by atoms with Crippen LogP contribution < -0.4 is 5.32 Å². The van der Waals surface area contributed by atoms with E-state index in [-0.39, 0.29) is 12.0 Å². The van der Waals surface area contributed by atoms with Gasteiger partial charge >= 0.3 is 0 Å². The maximum atomic E-state index is 9.24. The monoisotopic (exact) mass is 318 g/mol. The fourth-order valence-electron chi connectivity index (χ4n) is 2.87. The smallest absolute Gasteiger partial charge is 0.107 e. The summed E-state index contributed by atoms with van der Waals surface area (Å²) in [5, 5.41) is 13.8. The van der Waals surface area contributed by atoms with Crippen LogP contribution in [0, 0.1) is 5.41 Å². The van der Waals surface area contributed by atoms with Crippen LogP contribution in [0.25, 0.3) is 10.4 Å². The zero-order chi connectivity index (χ0) is 15.3. The van der Waals surface area contributed by atoms with Crippen molar-refractivity contribution in [3.8, 4) is 10.4 Å². The van der Waals surface area contributed by atoms with E-state index in [2.05, 4.69) is 22.4 Å². The number of ether oxygens (including phenoxy) is 1. The standard InChI is InChI=1S/C17H22N2O2S/c20-8-6-17(7-9-21-13-17)12-18-11-16-19-10-15(22-16)14-4-2-1-3-5-14/h1-5,10,18,20H,6-9,11-13H2. The van der Waals surface area contributed by atoms with Gasteiger partial charge in [-0.15, -0.1) is 11.3 Å². The molecule has 118 valence electrons. The van der Waals surface area contributed by atoms with E-state index in [4.69, 9.17) is 4.74 Å². The predicted molar refractivity (Wildman–Crippen MR) is 88.8 cm³/mol. The number of hydrogen-bond donors (Lipinski definition) is 2. The van der Waals surface area contributed by atoms with E-state index in [1.807, 2.05) is 24.4 Å². The third kappa shape index (κ3) is 3.73. The second-order valence-corrected chi connectivity index (χ2v) is 6.98. The first-order chi connectivity index (χ1) is 10.8. The summed E-state index contributed by atoms with van der Waals surface area (Å²) in [7, 11) is 0. The highest BCUT2D eigenvalue weighted by atomic mass is 32.1. The Morgan fingerprint density at radius 2 is 2.18 bits per heavy atom. The molecule has 1 atom stereocenters. The number of benzene rings is 1. The number of thiazole rings is 1. The summed E-state index contributed by atoms with van der Waals surface area (Å²) in [6, 6.07) is 10.3. The van der Waals surface area contributed by atoms with Gasteiger partial charge in [0.2, 0.25) is 0 Å². The molecule has 1 aromatic carbocycles. The lowest BCUT2D eigenvalue weighted by atomic mass is 9.84. The topological polar surface area (TPSA) is 54.4 Å². The number of aromatic nitrogens is 1. The van der Waals surface area contributed by atoms with Crippen LogP contribution in [0.3, 0.4) is 0 Å². The summed E-state index contributed by atoms with van der Waals surface area (Å²) in [5.41, 5.74) is 1.31. The molecule has 22 heavy (non-hydrogen) atoms. The Morgan fingerprint density at radius 1 is 1.32 bits per heavy atom. The normalized spacial score (nSPS) is 21.3. The van der Waals surface area contributed by atoms with Crippen molar-refractivity contribution in [2.45, 2.75) is 19.4 Å². The van der Waals surface area contributed by atoms with Crippen molar-refractivity contribution in [1.82, 2.24) is 10.3 Å². The fraction of sp³-hybridized carbons (Fsp3) is 0.471. The summed E-state index contributed by atoms with van der Waals surface area (Å²) in [6.07, 6.45) is 3.76. The molecule has 0 radical (unpaired) electrons. The van der Waals surface area contributed by atoms with Gasteiger partial charge in [0.15, 0.2) is 0 Å². The lowest BCUT2D eigenvalue weighted by Gasteiger charge is -2.26. The number of aliphatic hydroxyl groups excluding tert-OH is 1. The Morgan fingerprint density at radius 3 is 2.91 bits per heavy atom. The maximum absolute atomic E-state index is 9.24. The Balaban J connectivity index is 1.55. The highest BCUT2D eigenvalue weighted by Crippen LogP contribution is 2.31. The molecule has 0 spiro atoms. The molecule has 1 aromatic heterocycles. The van der Waals surface area contributed by atoms with Gasteiger partial charge in [-0.2, -0.15) is 0 Å². The van der Waals surface area contributed by atoms with E-state index in [0.717, 1.165) is 44.2 Å². The van der Waals surface area contributed by atoms with Crippen LogP contribution in [0.5, 0.6) is 0 Å². The van der Waals surface area contributed by atoms with Gasteiger partial charge in [-0.25, -0.2) is 4.98 Å². The SMILES string of the molecule is OCCC1(CNCc2ncc(-c3ccccc3)s2)CCOC1. The molecule has 1 unspecified atom stereocenters. The zero-order valence-corrected chi connectivity index (χ0v) is 13.4. The van der Waals surface area contributed by atoms with Crippen molar-refractivity contribution < 1.29 is 9.84 Å². The summed E-state index contributed by atoms with van der Waals surface area (Å²) in [4.78, 5) is 5.70. The Bertz CT molecular complexity index is 579. The van der Waals surface area contributed by atoms with Crippen LogP contribution in [-0.4, -0.2) is 36.5 Å². The number of nitrogens with one attached hydrogen (secondary N) is 1. The Hall–Kier alpha value is -1.27. The fourth-order valence-corrected chi connectivity index (χ4v) is 3.77. The molecule has 0 saturated carbocycles. The van der Waals surface area contributed by atoms with Gasteiger partial charge in [0.05, 0.1) is 11.5 Å². The second-order valence-electron chi connectivity index (χ2n) is 5.86. The second kappa shape index (κ2) is 7.33. The Kier molecular flexibility index (Phi) is 5.20. The van der Waals surface area contributed by atoms with Crippen LogP contribution in [-0.2, 0) is 11.3 Å². The van der Waals surface area contributed by atoms with E-state index in [9.17, 15) is 5.11 Å². The van der Waals surface area contributed by atoms with Crippen LogP contribution in [0.2, 0.25) is 0 Å². The minimum Gasteiger partial charge on any atom is -0.396 e. The van der Waals surface area contributed by atoms with Gasteiger partial charge in [-0.3, -0.25) is 0 Å². The van der Waals surface area contributed by atoms with Crippen molar-refractivity contribution in [2.24, 2.45) is 5.41 Å². The third-order valence-electron chi connectivity index (χ3n) is 4.22. The van der Waals surface area contributed by atoms with Crippen molar-refractivity contribution >= 4 is 11.3 Å². The lowest BCUT2D eigenvalue weighted by molar-refractivity contribution is 0.124. The summed E-state index contributed by atoms with van der Waals surface area (Å²) in [5.74, 6) is 0. The molecule has 1 saturated heterocycles. The highest BCUT2D eigenvalue weighted by molar-refractivity contribution is 7.15. The molecule has 0 aliphatic carbocycles. The van der Waals surface area contributed by atoms with Crippen LogP contribution in [0.4, 0.5) is 0 Å². The molecule has 1 fully saturated rings. The molecule has 2 N–H and O–H groups in total. The molecule has 0 amide bonds. The number of aliphatic hydroxyl groups is 1. The van der Waals surface area contributed by atoms with Crippen molar-refractivity contribution in [3.63, 3.8) is 0 Å². The third-order valence-corrected chi connectivity index (χ3v) is 5.26. The van der Waals surface area contributed by atoms with Gasteiger partial charge in [0, 0.05) is 37.9 Å². The van der Waals surface area contributed by atoms with Gasteiger partial charge in [0.1, 0.15) is 5.01 Å². The van der Waals surface area contributed by atoms with Gasteiger partial charge < -0.3 is 15.2 Å². The van der Waals surface area contributed by atoms with Crippen molar-refractivity contribution in [1.29, 1.82) is 0 Å². The summed E-state index contributed by atoms with van der Waals surface area (Å²) >= 11 is 1.73. The predicted octanol–water partition coefficient (Wildman–Crippen LogP) is 2.69. The zero-order valence-electron chi connectivity index (χ0n) is 12.6. The van der Waals surface area contributed by atoms with Crippen molar-refractivity contribution in [2.75, 3.05) is 26.4 Å². The average Bonchev–Trinajstić information content (AvgIpc) is 3.19. The maximum Gasteiger partial charge on any atom is 0.107 e. The molecule has 5 heteroatoms.